The number of halogens is 2. The molecule has 1 aromatic carbocycles. The van der Waals surface area contributed by atoms with Crippen molar-refractivity contribution in [2.24, 2.45) is 7.05 Å². The van der Waals surface area contributed by atoms with Crippen molar-refractivity contribution in [2.45, 2.75) is 13.5 Å². The van der Waals surface area contributed by atoms with E-state index in [4.69, 9.17) is 23.2 Å². The summed E-state index contributed by atoms with van der Waals surface area (Å²) in [5.41, 5.74) is -1.91. The lowest BCUT2D eigenvalue weighted by Gasteiger charge is -2.12. The molecule has 122 valence electrons. The molecule has 23 heavy (non-hydrogen) atoms. The molecule has 0 unspecified atom stereocenters. The summed E-state index contributed by atoms with van der Waals surface area (Å²) in [6.45, 7) is 1.64. The van der Waals surface area contributed by atoms with E-state index < -0.39 is 28.6 Å². The van der Waals surface area contributed by atoms with E-state index in [2.05, 4.69) is 5.32 Å². The Kier molecular flexibility index (Phi) is 4.82. The lowest BCUT2D eigenvalue weighted by atomic mass is 10.2. The third kappa shape index (κ3) is 3.11. The highest BCUT2D eigenvalue weighted by Crippen LogP contribution is 2.26. The predicted molar refractivity (Wildman–Crippen MR) is 87.7 cm³/mol. The Morgan fingerprint density at radius 3 is 2.52 bits per heavy atom. The fourth-order valence-electron chi connectivity index (χ4n) is 2.01. The minimum absolute atomic E-state index is 0.0633. The lowest BCUT2D eigenvalue weighted by Crippen LogP contribution is -2.42. The molecule has 0 saturated heterocycles. The highest BCUT2D eigenvalue weighted by atomic mass is 35.5. The number of hydrogen-bond acceptors (Lipinski definition) is 4. The topological polar surface area (TPSA) is 93.3 Å². The minimum atomic E-state index is -0.880. The second kappa shape index (κ2) is 6.47. The zero-order valence-electron chi connectivity index (χ0n) is 12.3. The van der Waals surface area contributed by atoms with E-state index in [9.17, 15) is 19.5 Å². The first-order valence-corrected chi connectivity index (χ1v) is 7.32. The number of anilines is 1. The van der Waals surface area contributed by atoms with Gasteiger partial charge < -0.3 is 10.4 Å². The molecule has 1 amide bonds. The zero-order chi connectivity index (χ0) is 17.3. The summed E-state index contributed by atoms with van der Waals surface area (Å²) < 4.78 is 1.67. The SMILES string of the molecule is CCn1c(=O)c(C(=O)Nc2ccc(Cl)cc2Cl)c(O)n(C)c1=O. The van der Waals surface area contributed by atoms with Crippen molar-refractivity contribution in [1.82, 2.24) is 9.13 Å². The van der Waals surface area contributed by atoms with Gasteiger partial charge in [0.1, 0.15) is 0 Å². The minimum Gasteiger partial charge on any atom is -0.494 e. The number of benzene rings is 1. The molecule has 7 nitrogen and oxygen atoms in total. The summed E-state index contributed by atoms with van der Waals surface area (Å²) in [6, 6.07) is 4.39. The molecule has 9 heteroatoms. The Bertz CT molecular complexity index is 902. The Morgan fingerprint density at radius 2 is 1.96 bits per heavy atom. The molecule has 2 rings (SSSR count). The molecule has 0 aliphatic rings. The molecule has 1 heterocycles. The van der Waals surface area contributed by atoms with E-state index in [0.29, 0.717) is 5.02 Å². The second-order valence-electron chi connectivity index (χ2n) is 4.67. The Hall–Kier alpha value is -2.25. The molecule has 0 saturated carbocycles. The number of rotatable bonds is 3. The van der Waals surface area contributed by atoms with Crippen LogP contribution < -0.4 is 16.6 Å². The van der Waals surface area contributed by atoms with Gasteiger partial charge in [-0.15, -0.1) is 0 Å². The second-order valence-corrected chi connectivity index (χ2v) is 5.51. The number of nitrogens with zero attached hydrogens (tertiary/aromatic N) is 2. The van der Waals surface area contributed by atoms with Gasteiger partial charge in [0.2, 0.25) is 5.88 Å². The van der Waals surface area contributed by atoms with E-state index in [-0.39, 0.29) is 17.3 Å². The van der Waals surface area contributed by atoms with Crippen molar-refractivity contribution in [1.29, 1.82) is 0 Å². The van der Waals surface area contributed by atoms with Crippen LogP contribution in [0.1, 0.15) is 17.3 Å². The molecule has 0 bridgehead atoms. The molecular weight excluding hydrogens is 345 g/mol. The van der Waals surface area contributed by atoms with Crippen LogP contribution in [0.4, 0.5) is 5.69 Å². The molecule has 0 radical (unpaired) electrons. The van der Waals surface area contributed by atoms with Gasteiger partial charge in [-0.05, 0) is 25.1 Å². The summed E-state index contributed by atoms with van der Waals surface area (Å²) in [5.74, 6) is -1.60. The van der Waals surface area contributed by atoms with Crippen LogP contribution >= 0.6 is 23.2 Å². The van der Waals surface area contributed by atoms with Gasteiger partial charge in [0.15, 0.2) is 5.56 Å². The summed E-state index contributed by atoms with van der Waals surface area (Å²) >= 11 is 11.7. The third-order valence-corrected chi connectivity index (χ3v) is 3.79. The van der Waals surface area contributed by atoms with Crippen LogP contribution in [-0.2, 0) is 13.6 Å². The van der Waals surface area contributed by atoms with Crippen molar-refractivity contribution in [3.8, 4) is 5.88 Å². The monoisotopic (exact) mass is 357 g/mol. The summed E-state index contributed by atoms with van der Waals surface area (Å²) in [5, 5.41) is 12.9. The first-order valence-electron chi connectivity index (χ1n) is 6.57. The van der Waals surface area contributed by atoms with Gasteiger partial charge in [-0.1, -0.05) is 23.2 Å². The van der Waals surface area contributed by atoms with Gasteiger partial charge in [0, 0.05) is 18.6 Å². The van der Waals surface area contributed by atoms with E-state index in [0.717, 1.165) is 9.13 Å². The maximum Gasteiger partial charge on any atom is 0.333 e. The predicted octanol–water partition coefficient (Wildman–Crippen LogP) is 1.83. The molecule has 0 atom stereocenters. The fourth-order valence-corrected chi connectivity index (χ4v) is 2.47. The van der Waals surface area contributed by atoms with E-state index in [1.807, 2.05) is 0 Å². The average Bonchev–Trinajstić information content (AvgIpc) is 2.48. The van der Waals surface area contributed by atoms with E-state index in [1.165, 1.54) is 25.2 Å². The van der Waals surface area contributed by atoms with Crippen molar-refractivity contribution in [2.75, 3.05) is 5.32 Å². The van der Waals surface area contributed by atoms with Crippen LogP contribution in [0.15, 0.2) is 27.8 Å². The largest absolute Gasteiger partial charge is 0.494 e. The molecule has 0 fully saturated rings. The van der Waals surface area contributed by atoms with Gasteiger partial charge in [-0.2, -0.15) is 0 Å². The first-order chi connectivity index (χ1) is 10.8. The fraction of sp³-hybridized carbons (Fsp3) is 0.214. The van der Waals surface area contributed by atoms with Gasteiger partial charge in [-0.25, -0.2) is 4.79 Å². The summed E-state index contributed by atoms with van der Waals surface area (Å²) in [6.07, 6.45) is 0. The van der Waals surface area contributed by atoms with Gasteiger partial charge >= 0.3 is 5.69 Å². The summed E-state index contributed by atoms with van der Waals surface area (Å²) in [7, 11) is 1.26. The maximum absolute atomic E-state index is 12.3. The molecule has 0 spiro atoms. The Balaban J connectivity index is 2.54. The maximum atomic E-state index is 12.3. The molecule has 1 aromatic heterocycles. The summed E-state index contributed by atoms with van der Waals surface area (Å²) in [4.78, 5) is 36.4. The number of aromatic hydroxyl groups is 1. The van der Waals surface area contributed by atoms with E-state index >= 15 is 0 Å². The Labute approximate surface area is 140 Å². The van der Waals surface area contributed by atoms with Gasteiger partial charge in [0.25, 0.3) is 11.5 Å². The van der Waals surface area contributed by atoms with Crippen molar-refractivity contribution in [3.63, 3.8) is 0 Å². The van der Waals surface area contributed by atoms with Crippen LogP contribution in [-0.4, -0.2) is 20.1 Å². The smallest absolute Gasteiger partial charge is 0.333 e. The van der Waals surface area contributed by atoms with Gasteiger partial charge in [-0.3, -0.25) is 18.7 Å². The number of amides is 1. The van der Waals surface area contributed by atoms with Crippen LogP contribution in [0.25, 0.3) is 0 Å². The van der Waals surface area contributed by atoms with Crippen LogP contribution in [0.2, 0.25) is 10.0 Å². The van der Waals surface area contributed by atoms with Crippen molar-refractivity contribution >= 4 is 34.8 Å². The highest BCUT2D eigenvalue weighted by molar-refractivity contribution is 6.36. The molecule has 2 aromatic rings. The van der Waals surface area contributed by atoms with Gasteiger partial charge in [0.05, 0.1) is 10.7 Å². The molecule has 0 aliphatic carbocycles. The quantitative estimate of drug-likeness (QED) is 0.876. The van der Waals surface area contributed by atoms with E-state index in [1.54, 1.807) is 6.92 Å². The van der Waals surface area contributed by atoms with Crippen molar-refractivity contribution < 1.29 is 9.90 Å². The average molecular weight is 358 g/mol. The van der Waals surface area contributed by atoms with Crippen molar-refractivity contribution in [3.05, 3.63) is 54.6 Å². The first kappa shape index (κ1) is 17.1. The van der Waals surface area contributed by atoms with Crippen LogP contribution in [0.5, 0.6) is 5.88 Å². The molecule has 0 aliphatic heterocycles. The highest BCUT2D eigenvalue weighted by Gasteiger charge is 2.23. The molecule has 2 N–H and O–H groups in total. The normalized spacial score (nSPS) is 10.6. The Morgan fingerprint density at radius 1 is 1.30 bits per heavy atom. The number of carbonyl (C=O) groups is 1. The van der Waals surface area contributed by atoms with Crippen LogP contribution in [0, 0.1) is 0 Å². The lowest BCUT2D eigenvalue weighted by molar-refractivity contribution is 0.102. The van der Waals surface area contributed by atoms with Crippen LogP contribution in [0.3, 0.4) is 0 Å². The number of nitrogens with one attached hydrogen (secondary N) is 1. The zero-order valence-corrected chi connectivity index (χ0v) is 13.8. The number of aromatic nitrogens is 2. The number of hydrogen-bond donors (Lipinski definition) is 2. The number of carbonyl (C=O) groups excluding carboxylic acids is 1. The standard InChI is InChI=1S/C14H13Cl2N3O4/c1-3-19-13(22)10(12(21)18(2)14(19)23)11(20)17-9-5-4-7(15)6-8(9)16/h4-6,21H,3H2,1-2H3,(H,17,20). The molecular formula is C14H13Cl2N3O4. The third-order valence-electron chi connectivity index (χ3n) is 3.24.